The topological polar surface area (TPSA) is 0 Å². The van der Waals surface area contributed by atoms with Crippen LogP contribution in [0.5, 0.6) is 0 Å². The van der Waals surface area contributed by atoms with Gasteiger partial charge in [-0.05, 0) is 22.9 Å². The summed E-state index contributed by atoms with van der Waals surface area (Å²) >= 11 is 15.0. The Morgan fingerprint density at radius 3 is 1.50 bits per heavy atom. The molecule has 0 nitrogen and oxygen atoms in total. The van der Waals surface area contributed by atoms with Crippen LogP contribution >= 0.6 is 45.9 Å². The SMILES string of the molecule is Clc1sccc1-c1ccsc1Cl. The smallest absolute Gasteiger partial charge is 0.101 e. The highest BCUT2D eigenvalue weighted by molar-refractivity contribution is 7.16. The largest absolute Gasteiger partial charge is 0.131 e. The van der Waals surface area contributed by atoms with Crippen molar-refractivity contribution in [1.82, 2.24) is 0 Å². The number of thiophene rings is 2. The maximum absolute atomic E-state index is 5.97. The third kappa shape index (κ3) is 1.40. The number of hydrogen-bond donors (Lipinski definition) is 0. The molecule has 0 bridgehead atoms. The van der Waals surface area contributed by atoms with E-state index in [1.54, 1.807) is 0 Å². The molecule has 2 rings (SSSR count). The lowest BCUT2D eigenvalue weighted by atomic mass is 10.2. The zero-order chi connectivity index (χ0) is 8.55. The molecule has 0 amide bonds. The van der Waals surface area contributed by atoms with Crippen molar-refractivity contribution in [2.75, 3.05) is 0 Å². The molecule has 0 saturated carbocycles. The molecule has 2 aromatic heterocycles. The Balaban J connectivity index is 2.57. The van der Waals surface area contributed by atoms with Crippen LogP contribution < -0.4 is 0 Å². The summed E-state index contributed by atoms with van der Waals surface area (Å²) in [5.41, 5.74) is 2.07. The second-order valence-corrected chi connectivity index (χ2v) is 5.25. The highest BCUT2D eigenvalue weighted by atomic mass is 35.5. The number of hydrogen-bond acceptors (Lipinski definition) is 2. The Labute approximate surface area is 88.4 Å². The molecule has 12 heavy (non-hydrogen) atoms. The summed E-state index contributed by atoms with van der Waals surface area (Å²) < 4.78 is 1.60. The molecule has 4 heteroatoms. The van der Waals surface area contributed by atoms with Gasteiger partial charge in [-0.3, -0.25) is 0 Å². The van der Waals surface area contributed by atoms with Crippen LogP contribution in [0.3, 0.4) is 0 Å². The van der Waals surface area contributed by atoms with Gasteiger partial charge in [0.15, 0.2) is 0 Å². The first kappa shape index (κ1) is 8.57. The minimum absolute atomic E-state index is 0.801. The first-order chi connectivity index (χ1) is 5.79. The quantitative estimate of drug-likeness (QED) is 0.667. The molecule has 0 N–H and O–H groups in total. The van der Waals surface area contributed by atoms with Gasteiger partial charge < -0.3 is 0 Å². The van der Waals surface area contributed by atoms with Crippen LogP contribution in [-0.2, 0) is 0 Å². The predicted molar refractivity (Wildman–Crippen MR) is 57.7 cm³/mol. The lowest BCUT2D eigenvalue weighted by Gasteiger charge is -1.93. The van der Waals surface area contributed by atoms with E-state index >= 15 is 0 Å². The van der Waals surface area contributed by atoms with E-state index in [1.807, 2.05) is 22.9 Å². The lowest BCUT2D eigenvalue weighted by Crippen LogP contribution is -1.67. The molecule has 62 valence electrons. The minimum atomic E-state index is 0.801. The van der Waals surface area contributed by atoms with Crippen molar-refractivity contribution >= 4 is 45.9 Å². The Bertz CT molecular complexity index is 351. The van der Waals surface area contributed by atoms with Gasteiger partial charge in [0.1, 0.15) is 8.67 Å². The third-order valence-electron chi connectivity index (χ3n) is 1.53. The van der Waals surface area contributed by atoms with Crippen molar-refractivity contribution in [3.8, 4) is 11.1 Å². The van der Waals surface area contributed by atoms with E-state index in [-0.39, 0.29) is 0 Å². The van der Waals surface area contributed by atoms with Gasteiger partial charge in [0.2, 0.25) is 0 Å². The van der Waals surface area contributed by atoms with Crippen LogP contribution in [0.15, 0.2) is 22.9 Å². The van der Waals surface area contributed by atoms with Gasteiger partial charge in [0.05, 0.1) is 0 Å². The Morgan fingerprint density at radius 2 is 1.25 bits per heavy atom. The third-order valence-corrected chi connectivity index (χ3v) is 3.87. The van der Waals surface area contributed by atoms with E-state index in [0.717, 1.165) is 19.8 Å². The van der Waals surface area contributed by atoms with E-state index in [0.29, 0.717) is 0 Å². The van der Waals surface area contributed by atoms with Crippen molar-refractivity contribution in [2.45, 2.75) is 0 Å². The van der Waals surface area contributed by atoms with Crippen LogP contribution in [0.1, 0.15) is 0 Å². The zero-order valence-corrected chi connectivity index (χ0v) is 9.03. The molecule has 0 saturated heterocycles. The first-order valence-corrected chi connectivity index (χ1v) is 5.77. The summed E-state index contributed by atoms with van der Waals surface area (Å²) in [4.78, 5) is 0. The van der Waals surface area contributed by atoms with Crippen LogP contribution in [0.25, 0.3) is 11.1 Å². The Kier molecular flexibility index (Phi) is 2.42. The summed E-state index contributed by atoms with van der Waals surface area (Å²) in [6, 6.07) is 3.97. The highest BCUT2D eigenvalue weighted by Crippen LogP contribution is 2.38. The minimum Gasteiger partial charge on any atom is -0.131 e. The molecular weight excluding hydrogens is 231 g/mol. The molecular formula is C8H4Cl2S2. The molecule has 0 spiro atoms. The average Bonchev–Trinajstić information content (AvgIpc) is 2.59. The zero-order valence-electron chi connectivity index (χ0n) is 5.88. The number of rotatable bonds is 1. The van der Waals surface area contributed by atoms with Crippen LogP contribution in [-0.4, -0.2) is 0 Å². The summed E-state index contributed by atoms with van der Waals surface area (Å²) in [6.45, 7) is 0. The monoisotopic (exact) mass is 234 g/mol. The standard InChI is InChI=1S/C8H4Cl2S2/c9-7-5(1-3-11-7)6-2-4-12-8(6)10/h1-4H. The van der Waals surface area contributed by atoms with Gasteiger partial charge in [-0.15, -0.1) is 22.7 Å². The van der Waals surface area contributed by atoms with E-state index in [9.17, 15) is 0 Å². The van der Waals surface area contributed by atoms with E-state index < -0.39 is 0 Å². The summed E-state index contributed by atoms with van der Waals surface area (Å²) in [5.74, 6) is 0. The summed E-state index contributed by atoms with van der Waals surface area (Å²) in [6.07, 6.45) is 0. The Hall–Kier alpha value is -0.0200. The molecule has 0 fully saturated rings. The maximum atomic E-state index is 5.97. The summed E-state index contributed by atoms with van der Waals surface area (Å²) in [7, 11) is 0. The molecule has 0 aliphatic carbocycles. The molecule has 0 radical (unpaired) electrons. The molecule has 0 aliphatic heterocycles. The number of halogens is 2. The normalized spacial score (nSPS) is 10.5. The van der Waals surface area contributed by atoms with Gasteiger partial charge in [-0.2, -0.15) is 0 Å². The Morgan fingerprint density at radius 1 is 0.833 bits per heavy atom. The maximum Gasteiger partial charge on any atom is 0.101 e. The predicted octanol–water partition coefficient (Wildman–Crippen LogP) is 4.78. The van der Waals surface area contributed by atoms with Crippen LogP contribution in [0.2, 0.25) is 8.67 Å². The van der Waals surface area contributed by atoms with Gasteiger partial charge in [-0.1, -0.05) is 23.2 Å². The molecule has 0 aromatic carbocycles. The average molecular weight is 235 g/mol. The fraction of sp³-hybridized carbons (Fsp3) is 0. The van der Waals surface area contributed by atoms with Gasteiger partial charge in [0, 0.05) is 11.1 Å². The van der Waals surface area contributed by atoms with Crippen molar-refractivity contribution in [3.63, 3.8) is 0 Å². The van der Waals surface area contributed by atoms with Crippen molar-refractivity contribution in [3.05, 3.63) is 31.6 Å². The van der Waals surface area contributed by atoms with E-state index in [2.05, 4.69) is 0 Å². The highest BCUT2D eigenvalue weighted by Gasteiger charge is 2.08. The first-order valence-electron chi connectivity index (χ1n) is 3.25. The van der Waals surface area contributed by atoms with Gasteiger partial charge in [0.25, 0.3) is 0 Å². The van der Waals surface area contributed by atoms with Crippen LogP contribution in [0, 0.1) is 0 Å². The molecule has 2 heterocycles. The van der Waals surface area contributed by atoms with Crippen molar-refractivity contribution in [2.24, 2.45) is 0 Å². The second-order valence-electron chi connectivity index (χ2n) is 2.22. The molecule has 0 aliphatic rings. The van der Waals surface area contributed by atoms with E-state index in [4.69, 9.17) is 23.2 Å². The van der Waals surface area contributed by atoms with Crippen molar-refractivity contribution < 1.29 is 0 Å². The van der Waals surface area contributed by atoms with Crippen molar-refractivity contribution in [1.29, 1.82) is 0 Å². The van der Waals surface area contributed by atoms with Gasteiger partial charge >= 0.3 is 0 Å². The molecule has 2 aromatic rings. The fourth-order valence-corrected chi connectivity index (χ4v) is 2.87. The molecule has 0 atom stereocenters. The lowest BCUT2D eigenvalue weighted by molar-refractivity contribution is 1.83. The molecule has 0 unspecified atom stereocenters. The summed E-state index contributed by atoms with van der Waals surface area (Å²) in [5, 5.41) is 3.93. The van der Waals surface area contributed by atoms with Gasteiger partial charge in [-0.25, -0.2) is 0 Å². The second kappa shape index (κ2) is 3.38. The fourth-order valence-electron chi connectivity index (χ4n) is 0.973. The van der Waals surface area contributed by atoms with E-state index in [1.165, 1.54) is 22.7 Å². The van der Waals surface area contributed by atoms with Crippen LogP contribution in [0.4, 0.5) is 0 Å².